The normalized spacial score (nSPS) is 12.4. The Balaban J connectivity index is 1.58. The van der Waals surface area contributed by atoms with Gasteiger partial charge >= 0.3 is 6.18 Å². The molecular formula is C18H14F3N5OS2. The van der Waals surface area contributed by atoms with Crippen LogP contribution in [0.5, 0.6) is 10.9 Å². The topological polar surface area (TPSA) is 85.8 Å². The Morgan fingerprint density at radius 2 is 1.93 bits per heavy atom. The average Bonchev–Trinajstić information content (AvgIpc) is 3.17. The quantitative estimate of drug-likeness (QED) is 0.336. The van der Waals surface area contributed by atoms with E-state index in [1.807, 2.05) is 30.3 Å². The molecule has 150 valence electrons. The van der Waals surface area contributed by atoms with E-state index in [0.29, 0.717) is 33.6 Å². The molecule has 1 heterocycles. The molecule has 0 aliphatic carbocycles. The van der Waals surface area contributed by atoms with Crippen LogP contribution in [0.15, 0.2) is 64.8 Å². The zero-order valence-electron chi connectivity index (χ0n) is 14.7. The van der Waals surface area contributed by atoms with Gasteiger partial charge in [-0.3, -0.25) is 0 Å². The van der Waals surface area contributed by atoms with Crippen molar-refractivity contribution in [2.24, 2.45) is 15.9 Å². The smallest absolute Gasteiger partial charge is 0.430 e. The number of nitrogens with zero attached hydrogens (tertiary/aromatic N) is 4. The van der Waals surface area contributed by atoms with Crippen molar-refractivity contribution in [3.63, 3.8) is 0 Å². The Kier molecular flexibility index (Phi) is 6.83. The van der Waals surface area contributed by atoms with E-state index < -0.39 is 11.2 Å². The fraction of sp³-hybridized carbons (Fsp3) is 0.111. The van der Waals surface area contributed by atoms with Gasteiger partial charge in [-0.25, -0.2) is 0 Å². The maximum atomic E-state index is 12.6. The van der Waals surface area contributed by atoms with E-state index in [1.54, 1.807) is 24.3 Å². The van der Waals surface area contributed by atoms with Crippen LogP contribution in [0.2, 0.25) is 0 Å². The highest BCUT2D eigenvalue weighted by Crippen LogP contribution is 2.35. The summed E-state index contributed by atoms with van der Waals surface area (Å²) in [5.74, 6) is 0.978. The maximum absolute atomic E-state index is 12.6. The summed E-state index contributed by atoms with van der Waals surface area (Å²) in [5.41, 5.74) is 7.58. The fourth-order valence-corrected chi connectivity index (χ4v) is 3.23. The molecule has 6 nitrogen and oxygen atoms in total. The fourth-order valence-electron chi connectivity index (χ4n) is 2.04. The Morgan fingerprint density at radius 3 is 2.66 bits per heavy atom. The molecule has 0 fully saturated rings. The second kappa shape index (κ2) is 9.52. The third-order valence-corrected chi connectivity index (χ3v) is 5.01. The van der Waals surface area contributed by atoms with Gasteiger partial charge in [0.1, 0.15) is 5.75 Å². The number of amidine groups is 1. The molecule has 11 heteroatoms. The summed E-state index contributed by atoms with van der Waals surface area (Å²) in [6, 6.07) is 16.4. The first-order chi connectivity index (χ1) is 13.9. The first kappa shape index (κ1) is 20.8. The Bertz CT molecular complexity index is 1010. The van der Waals surface area contributed by atoms with Crippen molar-refractivity contribution in [1.82, 2.24) is 10.2 Å². The molecule has 2 N–H and O–H groups in total. The van der Waals surface area contributed by atoms with Gasteiger partial charge in [-0.15, -0.1) is 10.2 Å². The molecule has 0 atom stereocenters. The van der Waals surface area contributed by atoms with Crippen LogP contribution in [0.1, 0.15) is 16.1 Å². The van der Waals surface area contributed by atoms with Crippen LogP contribution < -0.4 is 10.5 Å². The Hall–Kier alpha value is -2.92. The number of halogens is 3. The van der Waals surface area contributed by atoms with E-state index >= 15 is 0 Å². The van der Waals surface area contributed by atoms with Gasteiger partial charge in [-0.1, -0.05) is 70.7 Å². The standard InChI is InChI=1S/C18H14F3N5OS2/c19-18(20,21)15-24-26-17(29-15)27-14-8-4-7-13(9-14)10-23-25-16(22)28-11-12-5-2-1-3-6-12/h1-10H,11H2,(H2,22,25). The molecule has 0 aliphatic heterocycles. The molecule has 0 amide bonds. The van der Waals surface area contributed by atoms with Crippen molar-refractivity contribution >= 4 is 34.5 Å². The van der Waals surface area contributed by atoms with Crippen molar-refractivity contribution in [2.75, 3.05) is 0 Å². The molecule has 0 unspecified atom stereocenters. The van der Waals surface area contributed by atoms with E-state index in [0.717, 1.165) is 5.56 Å². The number of hydrogen-bond acceptors (Lipinski definition) is 7. The lowest BCUT2D eigenvalue weighted by Crippen LogP contribution is -2.05. The first-order valence-corrected chi connectivity index (χ1v) is 9.92. The van der Waals surface area contributed by atoms with Gasteiger partial charge in [-0.05, 0) is 23.3 Å². The van der Waals surface area contributed by atoms with Gasteiger partial charge in [-0.2, -0.15) is 18.3 Å². The van der Waals surface area contributed by atoms with Crippen molar-refractivity contribution < 1.29 is 17.9 Å². The van der Waals surface area contributed by atoms with E-state index in [-0.39, 0.29) is 5.19 Å². The molecule has 0 aliphatic rings. The van der Waals surface area contributed by atoms with Gasteiger partial charge < -0.3 is 10.5 Å². The number of thioether (sulfide) groups is 1. The van der Waals surface area contributed by atoms with Gasteiger partial charge in [0.15, 0.2) is 5.17 Å². The van der Waals surface area contributed by atoms with Gasteiger partial charge in [0.25, 0.3) is 5.19 Å². The molecule has 0 bridgehead atoms. The number of rotatable bonds is 6. The van der Waals surface area contributed by atoms with Crippen LogP contribution in [-0.4, -0.2) is 21.6 Å². The lowest BCUT2D eigenvalue weighted by Gasteiger charge is -2.02. The Morgan fingerprint density at radius 1 is 1.14 bits per heavy atom. The first-order valence-electron chi connectivity index (χ1n) is 8.12. The van der Waals surface area contributed by atoms with Crippen molar-refractivity contribution in [3.8, 4) is 10.9 Å². The van der Waals surface area contributed by atoms with Gasteiger partial charge in [0.2, 0.25) is 5.01 Å². The van der Waals surface area contributed by atoms with Crippen LogP contribution in [0.3, 0.4) is 0 Å². The summed E-state index contributed by atoms with van der Waals surface area (Å²) in [6.45, 7) is 0. The number of ether oxygens (including phenoxy) is 1. The number of nitrogens with two attached hydrogens (primary N) is 1. The molecule has 0 saturated carbocycles. The van der Waals surface area contributed by atoms with Crippen LogP contribution in [0, 0.1) is 0 Å². The van der Waals surface area contributed by atoms with Gasteiger partial charge in [0.05, 0.1) is 6.21 Å². The van der Waals surface area contributed by atoms with Crippen molar-refractivity contribution in [3.05, 3.63) is 70.7 Å². The molecular weight excluding hydrogens is 423 g/mol. The minimum Gasteiger partial charge on any atom is -0.430 e. The summed E-state index contributed by atoms with van der Waals surface area (Å²) >= 11 is 1.68. The zero-order valence-corrected chi connectivity index (χ0v) is 16.3. The number of benzene rings is 2. The number of hydrogen-bond donors (Lipinski definition) is 1. The molecule has 29 heavy (non-hydrogen) atoms. The highest BCUT2D eigenvalue weighted by atomic mass is 32.2. The number of aromatic nitrogens is 2. The molecule has 0 radical (unpaired) electrons. The third-order valence-electron chi connectivity index (χ3n) is 3.30. The third kappa shape index (κ3) is 6.57. The largest absolute Gasteiger partial charge is 0.445 e. The average molecular weight is 437 g/mol. The lowest BCUT2D eigenvalue weighted by atomic mass is 10.2. The summed E-state index contributed by atoms with van der Waals surface area (Å²) in [6.07, 6.45) is -3.09. The maximum Gasteiger partial charge on any atom is 0.445 e. The van der Waals surface area contributed by atoms with Crippen LogP contribution >= 0.6 is 23.1 Å². The summed E-state index contributed by atoms with van der Waals surface area (Å²) in [7, 11) is 0. The minimum absolute atomic E-state index is 0.203. The van der Waals surface area contributed by atoms with Crippen molar-refractivity contribution in [2.45, 2.75) is 11.9 Å². The predicted molar refractivity (Wildman–Crippen MR) is 108 cm³/mol. The minimum atomic E-state index is -4.55. The van der Waals surface area contributed by atoms with Crippen LogP contribution in [-0.2, 0) is 11.9 Å². The lowest BCUT2D eigenvalue weighted by molar-refractivity contribution is -0.138. The van der Waals surface area contributed by atoms with E-state index in [2.05, 4.69) is 20.4 Å². The Labute approximate surface area is 172 Å². The summed E-state index contributed by atoms with van der Waals surface area (Å²) < 4.78 is 43.0. The SMILES string of the molecule is NC(=NN=Cc1cccc(Oc2nnc(C(F)(F)F)s2)c1)SCc1ccccc1. The van der Waals surface area contributed by atoms with E-state index in [9.17, 15) is 13.2 Å². The second-order valence-corrected chi connectivity index (χ2v) is 7.44. The predicted octanol–water partition coefficient (Wildman–Crippen LogP) is 4.93. The van der Waals surface area contributed by atoms with Crippen LogP contribution in [0.4, 0.5) is 13.2 Å². The second-order valence-electron chi connectivity index (χ2n) is 5.50. The highest BCUT2D eigenvalue weighted by Gasteiger charge is 2.36. The molecule has 0 spiro atoms. The molecule has 3 aromatic rings. The zero-order chi connectivity index (χ0) is 20.7. The molecule has 3 rings (SSSR count). The van der Waals surface area contributed by atoms with E-state index in [1.165, 1.54) is 18.0 Å². The van der Waals surface area contributed by atoms with E-state index in [4.69, 9.17) is 10.5 Å². The molecule has 0 saturated heterocycles. The molecule has 2 aromatic carbocycles. The van der Waals surface area contributed by atoms with Crippen LogP contribution in [0.25, 0.3) is 0 Å². The number of alkyl halides is 3. The van der Waals surface area contributed by atoms with Crippen molar-refractivity contribution in [1.29, 1.82) is 0 Å². The highest BCUT2D eigenvalue weighted by molar-refractivity contribution is 8.13. The molecule has 1 aromatic heterocycles. The monoisotopic (exact) mass is 437 g/mol. The summed E-state index contributed by atoms with van der Waals surface area (Å²) in [4.78, 5) is 0. The summed E-state index contributed by atoms with van der Waals surface area (Å²) in [5, 5.41) is 13.3. The van der Waals surface area contributed by atoms with Gasteiger partial charge in [0, 0.05) is 5.75 Å².